The predicted octanol–water partition coefficient (Wildman–Crippen LogP) is 4.73. The van der Waals surface area contributed by atoms with Gasteiger partial charge in [0.1, 0.15) is 29.8 Å². The minimum Gasteiger partial charge on any atom is -0.481 e. The molecule has 1 aromatic heterocycles. The maximum Gasteiger partial charge on any atom is 0.407 e. The summed E-state index contributed by atoms with van der Waals surface area (Å²) < 4.78 is 11.6. The summed E-state index contributed by atoms with van der Waals surface area (Å²) in [6.07, 6.45) is 2.61. The molecule has 6 unspecified atom stereocenters. The van der Waals surface area contributed by atoms with E-state index in [1.165, 1.54) is 0 Å². The van der Waals surface area contributed by atoms with Crippen LogP contribution in [0.5, 0.6) is 0 Å². The van der Waals surface area contributed by atoms with E-state index in [0.717, 1.165) is 27.6 Å². The lowest BCUT2D eigenvalue weighted by Crippen LogP contribution is -2.62. The smallest absolute Gasteiger partial charge is 0.407 e. The molecule has 10 N–H and O–H groups in total. The number of hydrogen-bond donors (Lipinski definition) is 9. The number of hydrogen-bond acceptors (Lipinski definition) is 10. The molecule has 1 aliphatic carbocycles. The van der Waals surface area contributed by atoms with E-state index in [4.69, 9.17) is 15.2 Å². The highest BCUT2D eigenvalue weighted by molar-refractivity contribution is 5.97. The van der Waals surface area contributed by atoms with E-state index in [0.29, 0.717) is 32.1 Å². The minimum atomic E-state index is -1.42. The van der Waals surface area contributed by atoms with Crippen molar-refractivity contribution in [1.82, 2.24) is 36.9 Å². The van der Waals surface area contributed by atoms with Crippen molar-refractivity contribution in [1.29, 1.82) is 0 Å². The number of amides is 6. The first-order valence-electron chi connectivity index (χ1n) is 24.8. The summed E-state index contributed by atoms with van der Waals surface area (Å²) in [4.78, 5) is 99.7. The molecular formula is C54H74N8O10. The molecule has 3 aromatic carbocycles. The predicted molar refractivity (Wildman–Crippen MR) is 273 cm³/mol. The molecule has 390 valence electrons. The number of unbranched alkanes of at least 4 members (excludes halogenated alkanes) is 1. The Hall–Kier alpha value is -6.79. The number of para-hydroxylation sites is 1. The van der Waals surface area contributed by atoms with E-state index in [-0.39, 0.29) is 32.2 Å². The zero-order chi connectivity index (χ0) is 52.6. The topological polar surface area (TPSA) is 272 Å². The molecule has 0 saturated heterocycles. The van der Waals surface area contributed by atoms with Gasteiger partial charge < -0.3 is 57.2 Å². The minimum absolute atomic E-state index is 0.0220. The van der Waals surface area contributed by atoms with Crippen molar-refractivity contribution in [3.05, 3.63) is 108 Å². The molecule has 0 bridgehead atoms. The van der Waals surface area contributed by atoms with Crippen LogP contribution in [0.2, 0.25) is 0 Å². The number of aliphatic carboxylic acids is 1. The van der Waals surface area contributed by atoms with Crippen LogP contribution in [0.25, 0.3) is 10.9 Å². The fourth-order valence-electron chi connectivity index (χ4n) is 8.80. The summed E-state index contributed by atoms with van der Waals surface area (Å²) in [5.74, 6) is -5.19. The van der Waals surface area contributed by atoms with Crippen molar-refractivity contribution in [2.75, 3.05) is 6.54 Å². The van der Waals surface area contributed by atoms with Gasteiger partial charge in [-0.3, -0.25) is 28.8 Å². The Morgan fingerprint density at radius 3 is 1.90 bits per heavy atom. The van der Waals surface area contributed by atoms with E-state index in [2.05, 4.69) is 36.9 Å². The van der Waals surface area contributed by atoms with Gasteiger partial charge in [0.25, 0.3) is 0 Å². The zero-order valence-electron chi connectivity index (χ0n) is 42.5. The molecule has 1 saturated carbocycles. The Balaban J connectivity index is 1.43. The van der Waals surface area contributed by atoms with Crippen LogP contribution >= 0.6 is 0 Å². The lowest BCUT2D eigenvalue weighted by Gasteiger charge is -2.33. The average Bonchev–Trinajstić information content (AvgIpc) is 3.96. The maximum atomic E-state index is 14.8. The first kappa shape index (κ1) is 56.1. The van der Waals surface area contributed by atoms with E-state index in [1.807, 2.05) is 60.7 Å². The Kier molecular flexibility index (Phi) is 20.3. The second kappa shape index (κ2) is 26.1. The number of nitrogens with two attached hydrogens (primary N) is 1. The van der Waals surface area contributed by atoms with Crippen molar-refractivity contribution < 1.29 is 48.1 Å². The van der Waals surface area contributed by atoms with Crippen LogP contribution in [0.3, 0.4) is 0 Å². The lowest BCUT2D eigenvalue weighted by atomic mass is 10.0. The third-order valence-corrected chi connectivity index (χ3v) is 12.3. The van der Waals surface area contributed by atoms with E-state index in [1.54, 1.807) is 78.9 Å². The monoisotopic (exact) mass is 995 g/mol. The molecule has 1 heterocycles. The second-order valence-corrected chi connectivity index (χ2v) is 20.6. The number of alkyl carbamates (subject to hydrolysis) is 1. The molecule has 1 fully saturated rings. The maximum absolute atomic E-state index is 14.8. The number of H-pyrrole nitrogens is 1. The van der Waals surface area contributed by atoms with Crippen molar-refractivity contribution in [3.8, 4) is 0 Å². The lowest BCUT2D eigenvalue weighted by molar-refractivity contribution is -0.143. The van der Waals surface area contributed by atoms with Crippen LogP contribution in [0.4, 0.5) is 4.79 Å². The largest absolute Gasteiger partial charge is 0.481 e. The molecule has 18 nitrogen and oxygen atoms in total. The SMILES string of the molecule is CC(OC(C)(C)C)C(NC(=O)C(CCCCNC(=O)OC(C)(C)C)NC(=O)C(Cc1c[nH]c2ccccc12)NC(=O)C(N)Cc1ccccc1)C(=O)NC(Cc1ccccc1)C(=O)N[C@@H]1CCC[C@@H]1C(=O)O. The van der Waals surface area contributed by atoms with Gasteiger partial charge in [-0.1, -0.05) is 85.3 Å². The van der Waals surface area contributed by atoms with Gasteiger partial charge >= 0.3 is 12.1 Å². The number of nitrogens with one attached hydrogen (secondary N) is 7. The number of aromatic amines is 1. The van der Waals surface area contributed by atoms with Gasteiger partial charge in [0.15, 0.2) is 0 Å². The molecule has 8 atom stereocenters. The fraction of sp³-hybridized carbons (Fsp3) is 0.500. The Morgan fingerprint density at radius 2 is 1.26 bits per heavy atom. The number of benzene rings is 3. The van der Waals surface area contributed by atoms with Gasteiger partial charge in [0.2, 0.25) is 29.5 Å². The number of rotatable bonds is 24. The van der Waals surface area contributed by atoms with E-state index < -0.39 is 101 Å². The number of carbonyl (C=O) groups is 7. The molecule has 72 heavy (non-hydrogen) atoms. The van der Waals surface area contributed by atoms with Gasteiger partial charge in [0, 0.05) is 42.5 Å². The summed E-state index contributed by atoms with van der Waals surface area (Å²) in [5.41, 5.74) is 7.98. The molecule has 4 aromatic rings. The summed E-state index contributed by atoms with van der Waals surface area (Å²) >= 11 is 0. The number of fused-ring (bicyclic) bond motifs is 1. The van der Waals surface area contributed by atoms with Crippen LogP contribution in [-0.4, -0.2) is 112 Å². The molecule has 0 radical (unpaired) electrons. The average molecular weight is 995 g/mol. The highest BCUT2D eigenvalue weighted by Gasteiger charge is 2.39. The van der Waals surface area contributed by atoms with Crippen molar-refractivity contribution in [3.63, 3.8) is 0 Å². The van der Waals surface area contributed by atoms with Gasteiger partial charge in [-0.15, -0.1) is 0 Å². The van der Waals surface area contributed by atoms with Crippen LogP contribution in [0.1, 0.15) is 104 Å². The molecule has 5 rings (SSSR count). The van der Waals surface area contributed by atoms with E-state index in [9.17, 15) is 38.7 Å². The number of aromatic nitrogens is 1. The number of carboxylic acid groups (broad SMARTS) is 1. The third-order valence-electron chi connectivity index (χ3n) is 12.3. The molecular weight excluding hydrogens is 921 g/mol. The molecule has 0 aliphatic heterocycles. The van der Waals surface area contributed by atoms with Crippen molar-refractivity contribution in [2.45, 2.75) is 160 Å². The first-order valence-corrected chi connectivity index (χ1v) is 24.8. The highest BCUT2D eigenvalue weighted by atomic mass is 16.6. The summed E-state index contributed by atoms with van der Waals surface area (Å²) in [6.45, 7) is 12.4. The third kappa shape index (κ3) is 17.8. The Bertz CT molecular complexity index is 2450. The standard InChI is InChI=1S/C54H74N8O10/c1-33(71-53(2,3)4)45(50(67)61-43(30-35-21-12-9-13-22-35)48(65)58-41-27-18-24-38(41)51(68)69)62-47(64)42(26-16-17-28-56-52(70)72-54(5,6)7)59-49(66)44(31-36-32-57-40-25-15-14-23-37(36)40)60-46(63)39(55)29-34-19-10-8-11-20-34/h8-15,19-23,25,32-33,38-39,41-45,57H,16-18,24,26-31,55H2,1-7H3,(H,56,70)(H,58,65)(H,59,66)(H,60,63)(H,61,67)(H,62,64)(H,68,69)/t33?,38-,39?,41+,42?,43?,44?,45?/m0/s1. The van der Waals surface area contributed by atoms with Gasteiger partial charge in [-0.25, -0.2) is 4.79 Å². The Morgan fingerprint density at radius 1 is 0.681 bits per heavy atom. The summed E-state index contributed by atoms with van der Waals surface area (Å²) in [7, 11) is 0. The van der Waals surface area contributed by atoms with Gasteiger partial charge in [0.05, 0.1) is 23.7 Å². The molecule has 1 aliphatic rings. The van der Waals surface area contributed by atoms with Crippen LogP contribution < -0.4 is 37.6 Å². The molecule has 0 spiro atoms. The summed E-state index contributed by atoms with van der Waals surface area (Å²) in [6, 6.07) is 19.0. The second-order valence-electron chi connectivity index (χ2n) is 20.6. The van der Waals surface area contributed by atoms with Crippen LogP contribution in [0.15, 0.2) is 91.1 Å². The Labute approximate surface area is 422 Å². The van der Waals surface area contributed by atoms with Crippen molar-refractivity contribution >= 4 is 52.5 Å². The number of carbonyl (C=O) groups excluding carboxylic acids is 6. The van der Waals surface area contributed by atoms with Gasteiger partial charge in [-0.05, 0) is 110 Å². The highest BCUT2D eigenvalue weighted by Crippen LogP contribution is 2.26. The molecule has 6 amide bonds. The summed E-state index contributed by atoms with van der Waals surface area (Å²) in [5, 5.41) is 27.6. The zero-order valence-corrected chi connectivity index (χ0v) is 42.5. The van der Waals surface area contributed by atoms with Crippen LogP contribution in [-0.2, 0) is 57.5 Å². The van der Waals surface area contributed by atoms with E-state index >= 15 is 0 Å². The molecule has 18 heteroatoms. The normalized spacial score (nSPS) is 17.3. The van der Waals surface area contributed by atoms with Crippen molar-refractivity contribution in [2.24, 2.45) is 11.7 Å². The first-order chi connectivity index (χ1) is 34.1. The quantitative estimate of drug-likeness (QED) is 0.0433. The fourth-order valence-corrected chi connectivity index (χ4v) is 8.80. The number of ether oxygens (including phenoxy) is 2. The van der Waals surface area contributed by atoms with Gasteiger partial charge in [-0.2, -0.15) is 0 Å². The number of carboxylic acids is 1. The van der Waals surface area contributed by atoms with Crippen LogP contribution in [0, 0.1) is 5.92 Å².